The number of para-hydroxylation sites is 2. The van der Waals surface area contributed by atoms with Crippen molar-refractivity contribution in [2.75, 3.05) is 11.9 Å². The summed E-state index contributed by atoms with van der Waals surface area (Å²) in [5.41, 5.74) is 9.68. The van der Waals surface area contributed by atoms with E-state index in [9.17, 15) is 0 Å². The van der Waals surface area contributed by atoms with Gasteiger partial charge in [-0.3, -0.25) is 4.99 Å². The van der Waals surface area contributed by atoms with Crippen molar-refractivity contribution < 1.29 is 0 Å². The van der Waals surface area contributed by atoms with Gasteiger partial charge in [0.05, 0.1) is 12.2 Å². The van der Waals surface area contributed by atoms with Gasteiger partial charge in [-0.1, -0.05) is 66.7 Å². The van der Waals surface area contributed by atoms with Crippen molar-refractivity contribution in [3.63, 3.8) is 0 Å². The number of anilines is 1. The number of hydrogen-bond donors (Lipinski definition) is 1. The molecule has 0 fully saturated rings. The van der Waals surface area contributed by atoms with Gasteiger partial charge in [-0.25, -0.2) is 0 Å². The number of hydrogen-bond acceptors (Lipinski definition) is 2. The normalized spacial score (nSPS) is 11.5. The zero-order chi connectivity index (χ0) is 19.2. The molecule has 0 heterocycles. The van der Waals surface area contributed by atoms with Crippen molar-refractivity contribution >= 4 is 17.1 Å². The molecule has 138 valence electrons. The average Bonchev–Trinajstić information content (AvgIpc) is 2.65. The molecule has 0 aromatic heterocycles. The van der Waals surface area contributed by atoms with E-state index in [4.69, 9.17) is 4.99 Å². The van der Waals surface area contributed by atoms with E-state index in [1.54, 1.807) is 0 Å². The first kappa shape index (κ1) is 18.9. The van der Waals surface area contributed by atoms with Gasteiger partial charge in [0.15, 0.2) is 0 Å². The molecule has 0 amide bonds. The summed E-state index contributed by atoms with van der Waals surface area (Å²) in [5.74, 6) is 0. The van der Waals surface area contributed by atoms with Crippen LogP contribution in [0.25, 0.3) is 0 Å². The molecule has 0 aliphatic heterocycles. The van der Waals surface area contributed by atoms with Crippen LogP contribution in [0.4, 0.5) is 11.4 Å². The molecule has 0 spiro atoms. The predicted molar refractivity (Wildman–Crippen MR) is 118 cm³/mol. The van der Waals surface area contributed by atoms with Crippen LogP contribution >= 0.6 is 0 Å². The van der Waals surface area contributed by atoms with E-state index >= 15 is 0 Å². The van der Waals surface area contributed by atoms with Gasteiger partial charge in [0.1, 0.15) is 0 Å². The molecule has 0 atom stereocenters. The highest BCUT2D eigenvalue weighted by atomic mass is 14.9. The highest BCUT2D eigenvalue weighted by Gasteiger charge is 2.08. The van der Waals surface area contributed by atoms with Gasteiger partial charge in [0.2, 0.25) is 0 Å². The zero-order valence-corrected chi connectivity index (χ0v) is 16.7. The highest BCUT2D eigenvalue weighted by molar-refractivity contribution is 5.93. The Hall–Kier alpha value is -2.87. The number of nitrogens with one attached hydrogen (secondary N) is 1. The van der Waals surface area contributed by atoms with Crippen LogP contribution in [0.1, 0.15) is 27.8 Å². The summed E-state index contributed by atoms with van der Waals surface area (Å²) in [5, 5.41) is 3.63. The molecule has 0 bridgehead atoms. The summed E-state index contributed by atoms with van der Waals surface area (Å²) in [6, 6.07) is 23.3. The first-order valence-corrected chi connectivity index (χ1v) is 9.51. The fourth-order valence-corrected chi connectivity index (χ4v) is 3.40. The van der Waals surface area contributed by atoms with Gasteiger partial charge >= 0.3 is 0 Å². The molecular weight excluding hydrogens is 328 g/mol. The number of aryl methyl sites for hydroxylation is 4. The van der Waals surface area contributed by atoms with Crippen molar-refractivity contribution in [2.45, 2.75) is 34.1 Å². The van der Waals surface area contributed by atoms with E-state index in [0.29, 0.717) is 0 Å². The standard InChI is InChI=1S/C25H28N2/c1-18-10-8-11-19(2)24(18)26-17-23(16-22-14-6-5-7-15-22)27-25-20(3)12-9-13-21(25)4/h5-15,26H,16-17H2,1-4H3. The lowest BCUT2D eigenvalue weighted by Gasteiger charge is -2.15. The van der Waals surface area contributed by atoms with E-state index in [0.717, 1.165) is 24.4 Å². The fraction of sp³-hybridized carbons (Fsp3) is 0.240. The molecular formula is C25H28N2. The van der Waals surface area contributed by atoms with Crippen molar-refractivity contribution in [3.8, 4) is 0 Å². The molecule has 2 heteroatoms. The first-order valence-electron chi connectivity index (χ1n) is 9.51. The highest BCUT2D eigenvalue weighted by Crippen LogP contribution is 2.24. The Balaban J connectivity index is 1.91. The van der Waals surface area contributed by atoms with Crippen LogP contribution in [0.2, 0.25) is 0 Å². The van der Waals surface area contributed by atoms with Crippen LogP contribution in [-0.4, -0.2) is 12.3 Å². The number of aliphatic imine (C=N–C) groups is 1. The van der Waals surface area contributed by atoms with Crippen molar-refractivity contribution in [3.05, 3.63) is 94.5 Å². The molecule has 2 nitrogen and oxygen atoms in total. The third-order valence-corrected chi connectivity index (χ3v) is 4.91. The van der Waals surface area contributed by atoms with Crippen LogP contribution < -0.4 is 5.32 Å². The topological polar surface area (TPSA) is 24.4 Å². The Kier molecular flexibility index (Phi) is 6.08. The van der Waals surface area contributed by atoms with Gasteiger partial charge in [0.25, 0.3) is 0 Å². The lowest BCUT2D eigenvalue weighted by molar-refractivity contribution is 1.20. The van der Waals surface area contributed by atoms with E-state index < -0.39 is 0 Å². The summed E-state index contributed by atoms with van der Waals surface area (Å²) >= 11 is 0. The van der Waals surface area contributed by atoms with Gasteiger partial charge in [-0.05, 0) is 55.5 Å². The average molecular weight is 357 g/mol. The summed E-state index contributed by atoms with van der Waals surface area (Å²) in [7, 11) is 0. The Morgan fingerprint density at radius 1 is 0.704 bits per heavy atom. The Bertz CT molecular complexity index is 899. The lowest BCUT2D eigenvalue weighted by atomic mass is 10.1. The van der Waals surface area contributed by atoms with Gasteiger partial charge in [-0.15, -0.1) is 0 Å². The molecule has 0 radical (unpaired) electrons. The maximum atomic E-state index is 5.08. The number of nitrogens with zero attached hydrogens (tertiary/aromatic N) is 1. The van der Waals surface area contributed by atoms with Gasteiger partial charge < -0.3 is 5.32 Å². The molecule has 0 saturated carbocycles. The third kappa shape index (κ3) is 4.85. The van der Waals surface area contributed by atoms with Crippen molar-refractivity contribution in [1.29, 1.82) is 0 Å². The van der Waals surface area contributed by atoms with E-state index in [-0.39, 0.29) is 0 Å². The second kappa shape index (κ2) is 8.68. The number of benzene rings is 3. The lowest BCUT2D eigenvalue weighted by Crippen LogP contribution is -2.17. The maximum absolute atomic E-state index is 5.08. The van der Waals surface area contributed by atoms with Gasteiger partial charge in [0, 0.05) is 17.8 Å². The minimum atomic E-state index is 0.731. The molecule has 1 N–H and O–H groups in total. The Morgan fingerprint density at radius 3 is 1.85 bits per heavy atom. The van der Waals surface area contributed by atoms with E-state index in [1.165, 1.54) is 33.5 Å². The van der Waals surface area contributed by atoms with Crippen LogP contribution in [0.15, 0.2) is 71.7 Å². The quantitative estimate of drug-likeness (QED) is 0.511. The molecule has 27 heavy (non-hydrogen) atoms. The van der Waals surface area contributed by atoms with Crippen molar-refractivity contribution in [1.82, 2.24) is 0 Å². The Labute approximate surface area is 163 Å². The second-order valence-corrected chi connectivity index (χ2v) is 7.20. The molecule has 0 aliphatic carbocycles. The zero-order valence-electron chi connectivity index (χ0n) is 16.7. The van der Waals surface area contributed by atoms with Crippen LogP contribution in [0.3, 0.4) is 0 Å². The summed E-state index contributed by atoms with van der Waals surface area (Å²) in [4.78, 5) is 5.08. The minimum Gasteiger partial charge on any atom is -0.379 e. The first-order chi connectivity index (χ1) is 13.0. The Morgan fingerprint density at radius 2 is 1.26 bits per heavy atom. The van der Waals surface area contributed by atoms with Crippen LogP contribution in [0, 0.1) is 27.7 Å². The monoisotopic (exact) mass is 356 g/mol. The predicted octanol–water partition coefficient (Wildman–Crippen LogP) is 6.35. The van der Waals surface area contributed by atoms with Crippen LogP contribution in [-0.2, 0) is 6.42 Å². The SMILES string of the molecule is Cc1cccc(C)c1N=C(CNc1c(C)cccc1C)Cc1ccccc1. The van der Waals surface area contributed by atoms with E-state index in [1.807, 2.05) is 0 Å². The second-order valence-electron chi connectivity index (χ2n) is 7.20. The third-order valence-electron chi connectivity index (χ3n) is 4.91. The molecule has 3 aromatic rings. The molecule has 0 unspecified atom stereocenters. The molecule has 3 rings (SSSR count). The molecule has 0 aliphatic rings. The van der Waals surface area contributed by atoms with E-state index in [2.05, 4.69) is 99.7 Å². The van der Waals surface area contributed by atoms with Gasteiger partial charge in [-0.2, -0.15) is 0 Å². The maximum Gasteiger partial charge on any atom is 0.0688 e. The summed E-state index contributed by atoms with van der Waals surface area (Å²) < 4.78 is 0. The fourth-order valence-electron chi connectivity index (χ4n) is 3.40. The minimum absolute atomic E-state index is 0.731. The summed E-state index contributed by atoms with van der Waals surface area (Å²) in [6.45, 7) is 9.29. The largest absolute Gasteiger partial charge is 0.379 e. The smallest absolute Gasteiger partial charge is 0.0688 e. The number of rotatable bonds is 6. The van der Waals surface area contributed by atoms with Crippen LogP contribution in [0.5, 0.6) is 0 Å². The summed E-state index contributed by atoms with van der Waals surface area (Å²) in [6.07, 6.45) is 0.840. The van der Waals surface area contributed by atoms with Crippen molar-refractivity contribution in [2.24, 2.45) is 4.99 Å². The molecule has 0 saturated heterocycles. The molecule has 3 aromatic carbocycles.